The Kier molecular flexibility index (Phi) is 7.31. The monoisotopic (exact) mass is 498 g/mol. The Labute approximate surface area is 198 Å². The van der Waals surface area contributed by atoms with Crippen LogP contribution in [-0.2, 0) is 5.75 Å². The van der Waals surface area contributed by atoms with Crippen molar-refractivity contribution in [1.82, 2.24) is 19.9 Å². The van der Waals surface area contributed by atoms with Crippen LogP contribution in [0.2, 0.25) is 5.02 Å². The summed E-state index contributed by atoms with van der Waals surface area (Å²) < 4.78 is 14.9. The lowest BCUT2D eigenvalue weighted by Gasteiger charge is -2.35. The highest BCUT2D eigenvalue weighted by atomic mass is 35.5. The van der Waals surface area contributed by atoms with E-state index in [0.29, 0.717) is 32.0 Å². The number of halogens is 2. The Morgan fingerprint density at radius 3 is 2.75 bits per heavy atom. The van der Waals surface area contributed by atoms with E-state index in [1.165, 1.54) is 34.1 Å². The van der Waals surface area contributed by atoms with Gasteiger partial charge in [0.2, 0.25) is 0 Å². The molecule has 1 amide bonds. The van der Waals surface area contributed by atoms with Crippen molar-refractivity contribution in [3.05, 3.63) is 34.6 Å². The summed E-state index contributed by atoms with van der Waals surface area (Å²) in [5.74, 6) is 0.317. The molecule has 0 radical (unpaired) electrons. The first-order chi connectivity index (χ1) is 15.0. The number of thiazole rings is 1. The van der Waals surface area contributed by atoms with E-state index in [1.807, 2.05) is 27.7 Å². The number of amides is 1. The molecule has 1 aromatic carbocycles. The lowest BCUT2D eigenvalue weighted by Crippen LogP contribution is -2.49. The molecule has 0 saturated heterocycles. The Hall–Kier alpha value is -2.37. The summed E-state index contributed by atoms with van der Waals surface area (Å²) in [4.78, 5) is 26.3. The van der Waals surface area contributed by atoms with E-state index in [0.717, 1.165) is 0 Å². The van der Waals surface area contributed by atoms with Crippen LogP contribution >= 0.6 is 34.7 Å². The lowest BCUT2D eigenvalue weighted by molar-refractivity contribution is 0.0984. The zero-order valence-electron chi connectivity index (χ0n) is 18.0. The van der Waals surface area contributed by atoms with Crippen molar-refractivity contribution >= 4 is 62.1 Å². The van der Waals surface area contributed by atoms with E-state index in [1.54, 1.807) is 12.1 Å². The second-order valence-corrected chi connectivity index (χ2v) is 10.6. The number of carbonyl (C=O) groups is 1. The Balaban J connectivity index is 1.84. The third kappa shape index (κ3) is 5.70. The number of anilines is 2. The Bertz CT molecular complexity index is 1140. The summed E-state index contributed by atoms with van der Waals surface area (Å²) in [6.45, 7) is 7.63. The van der Waals surface area contributed by atoms with Gasteiger partial charge in [0, 0.05) is 23.9 Å². The fourth-order valence-corrected chi connectivity index (χ4v) is 4.71. The molecule has 3 aromatic rings. The van der Waals surface area contributed by atoms with E-state index < -0.39 is 17.4 Å². The maximum absolute atomic E-state index is 14.2. The number of hydrogen-bond donors (Lipinski definition) is 3. The highest BCUT2D eigenvalue weighted by molar-refractivity contribution is 7.98. The summed E-state index contributed by atoms with van der Waals surface area (Å²) in [6.07, 6.45) is -0.999. The molecule has 8 nitrogen and oxygen atoms in total. The van der Waals surface area contributed by atoms with Gasteiger partial charge in [-0.05, 0) is 39.3 Å². The van der Waals surface area contributed by atoms with Crippen molar-refractivity contribution in [3.8, 4) is 0 Å². The van der Waals surface area contributed by atoms with Crippen LogP contribution in [0.15, 0.2) is 23.4 Å². The van der Waals surface area contributed by atoms with Gasteiger partial charge in [-0.25, -0.2) is 24.1 Å². The van der Waals surface area contributed by atoms with Crippen LogP contribution in [0.1, 0.15) is 33.3 Å². The van der Waals surface area contributed by atoms with Gasteiger partial charge in [0.15, 0.2) is 21.8 Å². The van der Waals surface area contributed by atoms with Crippen LogP contribution in [0, 0.1) is 5.82 Å². The van der Waals surface area contributed by atoms with Gasteiger partial charge in [-0.1, -0.05) is 46.8 Å². The standard InChI is InChI=1S/C20H24ClFN6O2S2/c1-10(8-28(19(29)30)20(2,3)4)24-15-14-16(25-17(23)32-14)27-18(26-15)31-9-11-6-5-7-12(21)13(11)22/h5-7,10H,8-9H2,1-4H3,(H,29,30)(H3,23,24,25,26,27)/t10-/m1/s1. The lowest BCUT2D eigenvalue weighted by atomic mass is 10.1. The molecule has 12 heteroatoms. The topological polar surface area (TPSA) is 117 Å². The minimum atomic E-state index is -0.999. The predicted octanol–water partition coefficient (Wildman–Crippen LogP) is 5.33. The van der Waals surface area contributed by atoms with Crippen molar-refractivity contribution in [2.75, 3.05) is 17.6 Å². The first kappa shape index (κ1) is 24.3. The number of nitrogen functional groups attached to an aromatic ring is 1. The summed E-state index contributed by atoms with van der Waals surface area (Å²) >= 11 is 8.35. The molecule has 2 heterocycles. The van der Waals surface area contributed by atoms with Gasteiger partial charge in [0.05, 0.1) is 5.02 Å². The highest BCUT2D eigenvalue weighted by Gasteiger charge is 2.28. The van der Waals surface area contributed by atoms with Crippen molar-refractivity contribution in [2.45, 2.75) is 50.2 Å². The molecule has 172 valence electrons. The molecule has 0 aliphatic rings. The molecule has 0 aliphatic heterocycles. The third-order valence-electron chi connectivity index (χ3n) is 4.52. The van der Waals surface area contributed by atoms with Crippen LogP contribution < -0.4 is 11.1 Å². The fraction of sp³-hybridized carbons (Fsp3) is 0.400. The molecule has 0 bridgehead atoms. The molecule has 3 rings (SSSR count). The number of benzene rings is 1. The zero-order valence-corrected chi connectivity index (χ0v) is 20.4. The molecular formula is C20H24ClFN6O2S2. The molecular weight excluding hydrogens is 475 g/mol. The van der Waals surface area contributed by atoms with Crippen LogP contribution in [-0.4, -0.2) is 49.2 Å². The molecule has 0 aliphatic carbocycles. The van der Waals surface area contributed by atoms with Crippen LogP contribution in [0.3, 0.4) is 0 Å². The quantitative estimate of drug-likeness (QED) is 0.295. The van der Waals surface area contributed by atoms with Gasteiger partial charge in [-0.2, -0.15) is 0 Å². The van der Waals surface area contributed by atoms with E-state index in [9.17, 15) is 14.3 Å². The smallest absolute Gasteiger partial charge is 0.407 e. The van der Waals surface area contributed by atoms with Crippen molar-refractivity contribution < 1.29 is 14.3 Å². The van der Waals surface area contributed by atoms with E-state index >= 15 is 0 Å². The third-order valence-corrected chi connectivity index (χ3v) is 6.59. The first-order valence-corrected chi connectivity index (χ1v) is 11.9. The maximum Gasteiger partial charge on any atom is 0.407 e. The Morgan fingerprint density at radius 2 is 2.09 bits per heavy atom. The number of carboxylic acid groups (broad SMARTS) is 1. The predicted molar refractivity (Wildman–Crippen MR) is 128 cm³/mol. The summed E-state index contributed by atoms with van der Waals surface area (Å²) in [5, 5.41) is 13.6. The average Bonchev–Trinajstić information content (AvgIpc) is 3.06. The number of aromatic nitrogens is 3. The van der Waals surface area contributed by atoms with E-state index in [4.69, 9.17) is 17.3 Å². The number of hydrogen-bond acceptors (Lipinski definition) is 8. The molecule has 0 saturated carbocycles. The maximum atomic E-state index is 14.2. The molecule has 0 spiro atoms. The minimum Gasteiger partial charge on any atom is -0.465 e. The van der Waals surface area contributed by atoms with Gasteiger partial charge in [0.25, 0.3) is 0 Å². The van der Waals surface area contributed by atoms with Gasteiger partial charge in [-0.15, -0.1) is 0 Å². The molecule has 2 aromatic heterocycles. The van der Waals surface area contributed by atoms with Gasteiger partial charge in [-0.3, -0.25) is 0 Å². The normalized spacial score (nSPS) is 12.7. The van der Waals surface area contributed by atoms with Crippen LogP contribution in [0.4, 0.5) is 20.1 Å². The largest absolute Gasteiger partial charge is 0.465 e. The number of nitrogens with two attached hydrogens (primary N) is 1. The zero-order chi connectivity index (χ0) is 23.6. The van der Waals surface area contributed by atoms with Crippen molar-refractivity contribution in [1.29, 1.82) is 0 Å². The second-order valence-electron chi connectivity index (χ2n) is 8.17. The minimum absolute atomic E-state index is 0.0600. The van der Waals surface area contributed by atoms with Gasteiger partial charge < -0.3 is 21.1 Å². The Morgan fingerprint density at radius 1 is 1.38 bits per heavy atom. The fourth-order valence-electron chi connectivity index (χ4n) is 2.98. The second kappa shape index (κ2) is 9.63. The molecule has 4 N–H and O–H groups in total. The summed E-state index contributed by atoms with van der Waals surface area (Å²) in [7, 11) is 0. The number of fused-ring (bicyclic) bond motifs is 1. The SMILES string of the molecule is C[C@H](CN(C(=O)O)C(C)(C)C)Nc1nc(SCc2cccc(Cl)c2F)nc2nc(N)sc12. The van der Waals surface area contributed by atoms with Gasteiger partial charge in [0.1, 0.15) is 10.5 Å². The number of thioether (sulfide) groups is 1. The molecule has 0 unspecified atom stereocenters. The average molecular weight is 499 g/mol. The highest BCUT2D eigenvalue weighted by Crippen LogP contribution is 2.32. The molecule has 32 heavy (non-hydrogen) atoms. The number of rotatable bonds is 7. The number of nitrogens with one attached hydrogen (secondary N) is 1. The van der Waals surface area contributed by atoms with Gasteiger partial charge >= 0.3 is 6.09 Å². The van der Waals surface area contributed by atoms with Crippen LogP contribution in [0.5, 0.6) is 0 Å². The van der Waals surface area contributed by atoms with E-state index in [2.05, 4.69) is 20.3 Å². The molecule has 0 fully saturated rings. The van der Waals surface area contributed by atoms with Crippen molar-refractivity contribution in [2.24, 2.45) is 0 Å². The molecule has 1 atom stereocenters. The van der Waals surface area contributed by atoms with Crippen molar-refractivity contribution in [3.63, 3.8) is 0 Å². The van der Waals surface area contributed by atoms with E-state index in [-0.39, 0.29) is 23.4 Å². The number of nitrogens with zero attached hydrogens (tertiary/aromatic N) is 4. The summed E-state index contributed by atoms with van der Waals surface area (Å²) in [5.41, 5.74) is 6.19. The summed E-state index contributed by atoms with van der Waals surface area (Å²) in [6, 6.07) is 4.58. The first-order valence-electron chi connectivity index (χ1n) is 9.72. The van der Waals surface area contributed by atoms with Crippen LogP contribution in [0.25, 0.3) is 10.3 Å².